The number of benzene rings is 1. The first-order valence-corrected chi connectivity index (χ1v) is 7.58. The van der Waals surface area contributed by atoms with E-state index in [0.29, 0.717) is 5.56 Å². The molecule has 122 valence electrons. The molecule has 0 aliphatic heterocycles. The maximum atomic E-state index is 12.2. The van der Waals surface area contributed by atoms with Crippen molar-refractivity contribution in [3.05, 3.63) is 33.4 Å². The van der Waals surface area contributed by atoms with Gasteiger partial charge in [-0.25, -0.2) is 17.9 Å². The Bertz CT molecular complexity index is 725. The molecule has 3 N–H and O–H groups in total. The quantitative estimate of drug-likeness (QED) is 0.502. The van der Waals surface area contributed by atoms with Crippen LogP contribution in [-0.2, 0) is 14.8 Å². The lowest BCUT2D eigenvalue weighted by Gasteiger charge is -2.19. The summed E-state index contributed by atoms with van der Waals surface area (Å²) < 4.78 is 26.3. The molecule has 0 fully saturated rings. The highest BCUT2D eigenvalue weighted by atomic mass is 32.2. The van der Waals surface area contributed by atoms with E-state index < -0.39 is 33.1 Å². The summed E-state index contributed by atoms with van der Waals surface area (Å²) in [5, 5.41) is 29.2. The first-order valence-electron chi connectivity index (χ1n) is 6.09. The van der Waals surface area contributed by atoms with Crippen LogP contribution in [0.15, 0.2) is 17.0 Å². The molecule has 0 saturated carbocycles. The summed E-state index contributed by atoms with van der Waals surface area (Å²) in [6, 6.07) is 2.25. The Kier molecular flexibility index (Phi) is 4.90. The number of nitro groups is 1. The number of aliphatic carboxylic acids is 1. The summed E-state index contributed by atoms with van der Waals surface area (Å²) in [5.41, 5.74) is -2.09. The van der Waals surface area contributed by atoms with E-state index in [0.717, 1.165) is 13.0 Å². The number of carboxylic acid groups (broad SMARTS) is 1. The average Bonchev–Trinajstić information content (AvgIpc) is 2.35. The second kappa shape index (κ2) is 5.99. The summed E-state index contributed by atoms with van der Waals surface area (Å²) in [6.07, 6.45) is 0. The molecule has 1 rings (SSSR count). The second-order valence-corrected chi connectivity index (χ2v) is 6.80. The Morgan fingerprint density at radius 3 is 2.36 bits per heavy atom. The minimum atomic E-state index is -4.21. The van der Waals surface area contributed by atoms with Crippen LogP contribution in [0.3, 0.4) is 0 Å². The molecular weight excluding hydrogens is 316 g/mol. The smallest absolute Gasteiger partial charge is 0.336 e. The fraction of sp³-hybridized carbons (Fsp3) is 0.417. The van der Waals surface area contributed by atoms with Crippen LogP contribution in [0, 0.1) is 24.0 Å². The van der Waals surface area contributed by atoms with Crippen molar-refractivity contribution >= 4 is 21.7 Å². The summed E-state index contributed by atoms with van der Waals surface area (Å²) in [4.78, 5) is 20.6. The number of carbonyl (C=O) groups is 1. The first-order chi connectivity index (χ1) is 9.88. The fourth-order valence-electron chi connectivity index (χ4n) is 1.70. The molecular formula is C12H16N2O7S. The molecule has 0 saturated heterocycles. The van der Waals surface area contributed by atoms with Gasteiger partial charge in [0.25, 0.3) is 5.69 Å². The molecule has 0 amide bonds. The van der Waals surface area contributed by atoms with Crippen molar-refractivity contribution in [3.63, 3.8) is 0 Å². The molecule has 1 aromatic rings. The number of sulfonamides is 1. The van der Waals surface area contributed by atoms with Crippen LogP contribution in [0.1, 0.15) is 18.1 Å². The molecule has 9 nitrogen and oxygen atoms in total. The predicted octanol–water partition coefficient (Wildman–Crippen LogP) is 0.326. The van der Waals surface area contributed by atoms with Crippen LogP contribution >= 0.6 is 0 Å². The zero-order valence-corrected chi connectivity index (χ0v) is 13.0. The third-order valence-electron chi connectivity index (χ3n) is 3.05. The van der Waals surface area contributed by atoms with E-state index in [9.17, 15) is 28.4 Å². The predicted molar refractivity (Wildman–Crippen MR) is 76.0 cm³/mol. The van der Waals surface area contributed by atoms with Gasteiger partial charge in [0.15, 0.2) is 5.60 Å². The Morgan fingerprint density at radius 2 is 1.91 bits per heavy atom. The van der Waals surface area contributed by atoms with E-state index in [1.54, 1.807) is 0 Å². The van der Waals surface area contributed by atoms with Gasteiger partial charge in [0.2, 0.25) is 10.0 Å². The average molecular weight is 332 g/mol. The zero-order chi connectivity index (χ0) is 17.3. The Morgan fingerprint density at radius 1 is 1.36 bits per heavy atom. The van der Waals surface area contributed by atoms with Crippen molar-refractivity contribution in [2.45, 2.75) is 31.3 Å². The lowest BCUT2D eigenvalue weighted by molar-refractivity contribution is -0.385. The van der Waals surface area contributed by atoms with Gasteiger partial charge in [0.05, 0.1) is 16.4 Å². The lowest BCUT2D eigenvalue weighted by atomic mass is 10.1. The summed E-state index contributed by atoms with van der Waals surface area (Å²) in [5.74, 6) is -1.60. The van der Waals surface area contributed by atoms with E-state index in [-0.39, 0.29) is 16.1 Å². The van der Waals surface area contributed by atoms with Gasteiger partial charge in [0, 0.05) is 11.6 Å². The van der Waals surface area contributed by atoms with Gasteiger partial charge in [-0.05, 0) is 32.4 Å². The van der Waals surface area contributed by atoms with E-state index in [1.165, 1.54) is 19.9 Å². The van der Waals surface area contributed by atoms with Gasteiger partial charge in [0.1, 0.15) is 0 Å². The van der Waals surface area contributed by atoms with E-state index in [4.69, 9.17) is 5.11 Å². The number of aryl methyl sites for hydroxylation is 2. The number of nitrogens with one attached hydrogen (secondary N) is 1. The molecule has 1 unspecified atom stereocenters. The highest BCUT2D eigenvalue weighted by molar-refractivity contribution is 7.89. The first kappa shape index (κ1) is 18.0. The summed E-state index contributed by atoms with van der Waals surface area (Å²) >= 11 is 0. The summed E-state index contributed by atoms with van der Waals surface area (Å²) in [6.45, 7) is 3.10. The third-order valence-corrected chi connectivity index (χ3v) is 4.59. The van der Waals surface area contributed by atoms with E-state index >= 15 is 0 Å². The largest absolute Gasteiger partial charge is 0.479 e. The molecule has 0 aromatic heterocycles. The maximum absolute atomic E-state index is 12.2. The van der Waals surface area contributed by atoms with Crippen LogP contribution in [0.25, 0.3) is 0 Å². The molecule has 0 aliphatic rings. The van der Waals surface area contributed by atoms with E-state index in [2.05, 4.69) is 0 Å². The standard InChI is InChI=1S/C12H16N2O7S/c1-7-4-8(2)10(5-9(7)14(18)19)22(20,21)13-6-12(3,17)11(15)16/h4-5,13,17H,6H2,1-3H3,(H,15,16). The van der Waals surface area contributed by atoms with Crippen LogP contribution in [0.5, 0.6) is 0 Å². The number of nitrogens with zero attached hydrogens (tertiary/aromatic N) is 1. The van der Waals surface area contributed by atoms with Crippen molar-refractivity contribution in [2.75, 3.05) is 6.54 Å². The van der Waals surface area contributed by atoms with Crippen molar-refractivity contribution in [1.29, 1.82) is 0 Å². The van der Waals surface area contributed by atoms with Gasteiger partial charge in [-0.3, -0.25) is 10.1 Å². The SMILES string of the molecule is Cc1cc(C)c(S(=O)(=O)NCC(C)(O)C(=O)O)cc1[N+](=O)[O-]. The zero-order valence-electron chi connectivity index (χ0n) is 12.2. The number of hydrogen-bond donors (Lipinski definition) is 3. The van der Waals surface area contributed by atoms with Crippen LogP contribution < -0.4 is 4.72 Å². The van der Waals surface area contributed by atoms with Crippen molar-refractivity contribution in [1.82, 2.24) is 4.72 Å². The Balaban J connectivity index is 3.21. The summed E-state index contributed by atoms with van der Waals surface area (Å²) in [7, 11) is -4.21. The van der Waals surface area contributed by atoms with E-state index in [1.807, 2.05) is 4.72 Å². The van der Waals surface area contributed by atoms with Gasteiger partial charge in [-0.1, -0.05) is 0 Å². The van der Waals surface area contributed by atoms with Gasteiger partial charge in [-0.2, -0.15) is 0 Å². The topological polar surface area (TPSA) is 147 Å². The Hall–Kier alpha value is -2.04. The molecule has 10 heteroatoms. The normalized spacial score (nSPS) is 14.4. The molecule has 1 atom stereocenters. The lowest BCUT2D eigenvalue weighted by Crippen LogP contribution is -2.46. The second-order valence-electron chi connectivity index (χ2n) is 5.06. The van der Waals surface area contributed by atoms with Gasteiger partial charge >= 0.3 is 5.97 Å². The molecule has 0 aliphatic carbocycles. The van der Waals surface area contributed by atoms with Crippen LogP contribution in [0.4, 0.5) is 5.69 Å². The Labute approximate surface area is 126 Å². The van der Waals surface area contributed by atoms with Crippen LogP contribution in [-0.4, -0.2) is 41.7 Å². The molecule has 0 heterocycles. The number of rotatable bonds is 6. The molecule has 0 bridgehead atoms. The molecule has 22 heavy (non-hydrogen) atoms. The number of nitro benzene ring substituents is 1. The van der Waals surface area contributed by atoms with Gasteiger partial charge < -0.3 is 10.2 Å². The van der Waals surface area contributed by atoms with Crippen molar-refractivity contribution in [3.8, 4) is 0 Å². The van der Waals surface area contributed by atoms with Gasteiger partial charge in [-0.15, -0.1) is 0 Å². The van der Waals surface area contributed by atoms with Crippen LogP contribution in [0.2, 0.25) is 0 Å². The maximum Gasteiger partial charge on any atom is 0.336 e. The fourth-order valence-corrected chi connectivity index (χ4v) is 3.07. The molecule has 1 aromatic carbocycles. The number of carboxylic acids is 1. The minimum Gasteiger partial charge on any atom is -0.479 e. The monoisotopic (exact) mass is 332 g/mol. The molecule has 0 radical (unpaired) electrons. The highest BCUT2D eigenvalue weighted by Gasteiger charge is 2.32. The highest BCUT2D eigenvalue weighted by Crippen LogP contribution is 2.25. The van der Waals surface area contributed by atoms with Crippen molar-refractivity contribution in [2.24, 2.45) is 0 Å². The number of hydrogen-bond acceptors (Lipinski definition) is 6. The van der Waals surface area contributed by atoms with Crippen molar-refractivity contribution < 1.29 is 28.3 Å². The third kappa shape index (κ3) is 3.78. The minimum absolute atomic E-state index is 0.269. The molecule has 0 spiro atoms. The number of aliphatic hydroxyl groups is 1.